The smallest absolute Gasteiger partial charge is 0.324 e. The van der Waals surface area contributed by atoms with Crippen LogP contribution in [0.15, 0.2) is 48.9 Å². The number of carbonyl (C=O) groups excluding carboxylic acids is 1. The van der Waals surface area contributed by atoms with Gasteiger partial charge in [0.05, 0.1) is 11.9 Å². The predicted octanol–water partition coefficient (Wildman–Crippen LogP) is 4.08. The van der Waals surface area contributed by atoms with Crippen molar-refractivity contribution >= 4 is 28.6 Å². The van der Waals surface area contributed by atoms with Gasteiger partial charge >= 0.3 is 6.03 Å². The summed E-state index contributed by atoms with van der Waals surface area (Å²) < 4.78 is 44.4. The number of benzene rings is 2. The molecular weight excluding hydrogens is 433 g/mol. The van der Waals surface area contributed by atoms with Crippen LogP contribution in [0.1, 0.15) is 5.56 Å². The molecule has 2 aromatic carbocycles. The minimum Gasteiger partial charge on any atom is -0.383 e. The Kier molecular flexibility index (Phi) is 4.92. The van der Waals surface area contributed by atoms with E-state index >= 15 is 4.39 Å². The van der Waals surface area contributed by atoms with E-state index in [1.54, 1.807) is 29.9 Å². The number of rotatable bonds is 4. The first kappa shape index (κ1) is 20.8. The van der Waals surface area contributed by atoms with Gasteiger partial charge in [0.2, 0.25) is 0 Å². The summed E-state index contributed by atoms with van der Waals surface area (Å²) in [5.74, 6) is -1.46. The van der Waals surface area contributed by atoms with E-state index in [0.29, 0.717) is 40.9 Å². The van der Waals surface area contributed by atoms with Gasteiger partial charge in [-0.15, -0.1) is 0 Å². The third kappa shape index (κ3) is 3.53. The van der Waals surface area contributed by atoms with Crippen LogP contribution in [0, 0.1) is 17.5 Å². The lowest BCUT2D eigenvalue weighted by Gasteiger charge is -2.19. The maximum Gasteiger partial charge on any atom is 0.324 e. The number of aryl methyl sites for hydroxylation is 1. The van der Waals surface area contributed by atoms with Gasteiger partial charge in [0, 0.05) is 48.7 Å². The minimum atomic E-state index is -0.587. The zero-order chi connectivity index (χ0) is 23.3. The van der Waals surface area contributed by atoms with Crippen LogP contribution in [0.4, 0.5) is 29.5 Å². The van der Waals surface area contributed by atoms with Crippen LogP contribution in [-0.4, -0.2) is 38.6 Å². The van der Waals surface area contributed by atoms with Crippen LogP contribution in [0.25, 0.3) is 22.2 Å². The Balaban J connectivity index is 1.43. The Morgan fingerprint density at radius 2 is 1.82 bits per heavy atom. The van der Waals surface area contributed by atoms with Crippen LogP contribution in [0.2, 0.25) is 0 Å². The van der Waals surface area contributed by atoms with Gasteiger partial charge in [-0.25, -0.2) is 27.9 Å². The molecule has 168 valence electrons. The van der Waals surface area contributed by atoms with Crippen LogP contribution in [0.5, 0.6) is 0 Å². The average Bonchev–Trinajstić information content (AvgIpc) is 3.31. The molecule has 0 aliphatic carbocycles. The quantitative estimate of drug-likeness (QED) is 0.506. The molecule has 1 aliphatic rings. The lowest BCUT2D eigenvalue weighted by molar-refractivity contribution is 0.218. The number of urea groups is 1. The van der Waals surface area contributed by atoms with E-state index in [2.05, 4.69) is 9.97 Å². The normalized spacial score (nSPS) is 14.0. The highest BCUT2D eigenvalue weighted by Gasteiger charge is 2.31. The molecule has 7 nitrogen and oxygen atoms in total. The first-order valence-electron chi connectivity index (χ1n) is 10.2. The number of aromatic nitrogens is 3. The van der Waals surface area contributed by atoms with Crippen molar-refractivity contribution < 1.29 is 18.0 Å². The first-order chi connectivity index (χ1) is 15.8. The fourth-order valence-electron chi connectivity index (χ4n) is 4.17. The molecule has 2 aromatic heterocycles. The van der Waals surface area contributed by atoms with E-state index < -0.39 is 23.5 Å². The predicted molar refractivity (Wildman–Crippen MR) is 118 cm³/mol. The Labute approximate surface area is 186 Å². The van der Waals surface area contributed by atoms with Gasteiger partial charge in [0.1, 0.15) is 35.2 Å². The zero-order valence-electron chi connectivity index (χ0n) is 17.6. The third-order valence-electron chi connectivity index (χ3n) is 5.80. The fraction of sp³-hybridized carbons (Fsp3) is 0.174. The van der Waals surface area contributed by atoms with Gasteiger partial charge in [0.25, 0.3) is 0 Å². The third-order valence-corrected chi connectivity index (χ3v) is 5.80. The number of fused-ring (bicyclic) bond motifs is 1. The lowest BCUT2D eigenvalue weighted by Crippen LogP contribution is -2.31. The Hall–Kier alpha value is -4.08. The zero-order valence-corrected chi connectivity index (χ0v) is 17.6. The summed E-state index contributed by atoms with van der Waals surface area (Å²) >= 11 is 0. The Morgan fingerprint density at radius 3 is 2.61 bits per heavy atom. The molecule has 0 bridgehead atoms. The summed E-state index contributed by atoms with van der Waals surface area (Å²) in [7, 11) is 1.78. The van der Waals surface area contributed by atoms with E-state index in [9.17, 15) is 13.6 Å². The summed E-state index contributed by atoms with van der Waals surface area (Å²) in [6, 6.07) is 7.21. The van der Waals surface area contributed by atoms with Crippen molar-refractivity contribution in [2.24, 2.45) is 7.05 Å². The second-order valence-corrected chi connectivity index (χ2v) is 7.87. The van der Waals surface area contributed by atoms with Crippen molar-refractivity contribution in [2.45, 2.75) is 6.54 Å². The minimum absolute atomic E-state index is 0.0746. The van der Waals surface area contributed by atoms with E-state index in [1.807, 2.05) is 0 Å². The van der Waals surface area contributed by atoms with E-state index in [4.69, 9.17) is 5.73 Å². The number of nitrogen functional groups attached to an aromatic ring is 1. The van der Waals surface area contributed by atoms with E-state index in [1.165, 1.54) is 22.2 Å². The first-order valence-corrected chi connectivity index (χ1v) is 10.2. The molecule has 5 rings (SSSR count). The molecule has 1 saturated heterocycles. The van der Waals surface area contributed by atoms with Gasteiger partial charge < -0.3 is 15.2 Å². The number of carbonyl (C=O) groups is 1. The van der Waals surface area contributed by atoms with Crippen LogP contribution < -0.4 is 10.6 Å². The summed E-state index contributed by atoms with van der Waals surface area (Å²) in [4.78, 5) is 23.9. The molecule has 0 spiro atoms. The lowest BCUT2D eigenvalue weighted by atomic mass is 10.0. The number of halogens is 3. The maximum absolute atomic E-state index is 15.2. The highest BCUT2D eigenvalue weighted by atomic mass is 19.1. The molecule has 3 heterocycles. The fourth-order valence-corrected chi connectivity index (χ4v) is 4.17. The molecule has 0 unspecified atom stereocenters. The van der Waals surface area contributed by atoms with Crippen molar-refractivity contribution in [3.8, 4) is 11.1 Å². The Morgan fingerprint density at radius 1 is 1.00 bits per heavy atom. The van der Waals surface area contributed by atoms with Crippen molar-refractivity contribution in [3.05, 3.63) is 71.9 Å². The average molecular weight is 452 g/mol. The van der Waals surface area contributed by atoms with Crippen LogP contribution >= 0.6 is 0 Å². The highest BCUT2D eigenvalue weighted by Crippen LogP contribution is 2.35. The second-order valence-electron chi connectivity index (χ2n) is 7.87. The molecule has 0 saturated carbocycles. The topological polar surface area (TPSA) is 80.3 Å². The number of anilines is 2. The number of hydrogen-bond donors (Lipinski definition) is 1. The maximum atomic E-state index is 15.2. The highest BCUT2D eigenvalue weighted by molar-refractivity contribution is 6.01. The molecular formula is C23H19F3N6O. The molecule has 0 radical (unpaired) electrons. The molecule has 0 atom stereocenters. The van der Waals surface area contributed by atoms with Crippen LogP contribution in [-0.2, 0) is 13.6 Å². The summed E-state index contributed by atoms with van der Waals surface area (Å²) in [5.41, 5.74) is 7.89. The number of amides is 2. The molecule has 2 amide bonds. The second kappa shape index (κ2) is 7.80. The van der Waals surface area contributed by atoms with Gasteiger partial charge in [-0.3, -0.25) is 4.90 Å². The molecule has 4 aromatic rings. The molecule has 2 N–H and O–H groups in total. The largest absolute Gasteiger partial charge is 0.383 e. The van der Waals surface area contributed by atoms with Gasteiger partial charge in [-0.05, 0) is 36.4 Å². The number of nitrogens with zero attached hydrogens (tertiary/aromatic N) is 5. The van der Waals surface area contributed by atoms with Crippen molar-refractivity contribution in [3.63, 3.8) is 0 Å². The van der Waals surface area contributed by atoms with Crippen molar-refractivity contribution in [1.29, 1.82) is 0 Å². The SMILES string of the molecule is Cn1cc(-c2ccc(N3CCN(Cc4cc(F)ccc4F)C3=O)cc2F)c2c(N)ncnc21. The van der Waals surface area contributed by atoms with Crippen molar-refractivity contribution in [2.75, 3.05) is 23.7 Å². The Bertz CT molecular complexity index is 1400. The number of hydrogen-bond acceptors (Lipinski definition) is 4. The molecule has 1 fully saturated rings. The monoisotopic (exact) mass is 452 g/mol. The van der Waals surface area contributed by atoms with E-state index in [0.717, 1.165) is 18.2 Å². The van der Waals surface area contributed by atoms with Gasteiger partial charge in [0.15, 0.2) is 0 Å². The van der Waals surface area contributed by atoms with Crippen molar-refractivity contribution in [1.82, 2.24) is 19.4 Å². The van der Waals surface area contributed by atoms with Gasteiger partial charge in [-0.2, -0.15) is 0 Å². The summed E-state index contributed by atoms with van der Waals surface area (Å²) in [6.45, 7) is 0.522. The summed E-state index contributed by atoms with van der Waals surface area (Å²) in [6.07, 6.45) is 3.07. The standard InChI is InChI=1S/C23H19F3N6O/c1-30-11-17(20-21(27)28-12-29-22(20)30)16-4-3-15(9-19(16)26)32-7-6-31(23(32)33)10-13-8-14(24)2-5-18(13)25/h2-5,8-9,11-12H,6-7,10H2,1H3,(H2,27,28,29). The molecule has 10 heteroatoms. The molecule has 33 heavy (non-hydrogen) atoms. The van der Waals surface area contributed by atoms with Gasteiger partial charge in [-0.1, -0.05) is 0 Å². The summed E-state index contributed by atoms with van der Waals surface area (Å²) in [5, 5.41) is 0.548. The van der Waals surface area contributed by atoms with E-state index in [-0.39, 0.29) is 17.9 Å². The van der Waals surface area contributed by atoms with Crippen LogP contribution in [0.3, 0.4) is 0 Å². The number of nitrogens with two attached hydrogens (primary N) is 1. The molecule has 1 aliphatic heterocycles.